The summed E-state index contributed by atoms with van der Waals surface area (Å²) >= 11 is 0. The Morgan fingerprint density at radius 2 is 1.48 bits per heavy atom. The number of carbonyl (C=O) groups is 1. The molecule has 0 aliphatic heterocycles. The van der Waals surface area contributed by atoms with Crippen LogP contribution in [0.3, 0.4) is 0 Å². The number of esters is 1. The molecule has 3 nitrogen and oxygen atoms in total. The lowest BCUT2D eigenvalue weighted by Crippen LogP contribution is -2.29. The van der Waals surface area contributed by atoms with Gasteiger partial charge in [0.2, 0.25) is 0 Å². The lowest BCUT2D eigenvalue weighted by atomic mass is 10.1. The summed E-state index contributed by atoms with van der Waals surface area (Å²) in [5.41, 5.74) is 1.04. The first kappa shape index (κ1) is 21.0. The summed E-state index contributed by atoms with van der Waals surface area (Å²) in [6.45, 7) is 7.20. The molecule has 0 aliphatic carbocycles. The maximum Gasteiger partial charge on any atom is 0.345 e. The minimum atomic E-state index is -0.946. The molecule has 0 aliphatic rings. The molecule has 4 aromatic rings. The summed E-state index contributed by atoms with van der Waals surface area (Å²) in [4.78, 5) is 13.4. The Morgan fingerprint density at radius 1 is 0.968 bits per heavy atom. The van der Waals surface area contributed by atoms with E-state index in [0.717, 1.165) is 11.1 Å². The minimum Gasteiger partial charge on any atom is -0.481 e. The van der Waals surface area contributed by atoms with Crippen molar-refractivity contribution in [3.63, 3.8) is 0 Å². The van der Waals surface area contributed by atoms with E-state index in [9.17, 15) is 4.79 Å². The van der Waals surface area contributed by atoms with E-state index in [1.54, 1.807) is 13.8 Å². The second-order valence-corrected chi connectivity index (χ2v) is 10.1. The van der Waals surface area contributed by atoms with E-state index in [2.05, 4.69) is 66.6 Å². The van der Waals surface area contributed by atoms with Gasteiger partial charge in [0.1, 0.15) is 5.75 Å². The van der Waals surface area contributed by atoms with Gasteiger partial charge in [-0.1, -0.05) is 30.2 Å². The van der Waals surface area contributed by atoms with Crippen molar-refractivity contribution in [2.75, 3.05) is 6.61 Å². The van der Waals surface area contributed by atoms with Crippen LogP contribution in [0.15, 0.2) is 60.7 Å². The molecular weight excluding hydrogens is 404 g/mol. The van der Waals surface area contributed by atoms with E-state index in [0.29, 0.717) is 5.75 Å². The number of thiophene rings is 1. The maximum absolute atomic E-state index is 12.1. The Bertz CT molecular complexity index is 1260. The van der Waals surface area contributed by atoms with Crippen LogP contribution in [0, 0.1) is 26.2 Å². The Hall–Kier alpha value is -3.29. The quantitative estimate of drug-likeness (QED) is 0.202. The zero-order chi connectivity index (χ0) is 22.2. The van der Waals surface area contributed by atoms with Gasteiger partial charge in [0, 0.05) is 33.4 Å². The third-order valence-corrected chi connectivity index (χ3v) is 7.52. The van der Waals surface area contributed by atoms with Crippen molar-refractivity contribution in [3.05, 3.63) is 71.8 Å². The van der Waals surface area contributed by atoms with Gasteiger partial charge in [0.15, 0.2) is 26.5 Å². The molecule has 31 heavy (non-hydrogen) atoms. The van der Waals surface area contributed by atoms with Crippen molar-refractivity contribution in [1.29, 1.82) is 0 Å². The SMILES string of the molecule is C#CC(C)(C)OC(=O)COc1c(C)cc(-[s+]2c3ccccc3c3ccccc32)cc1C. The Kier molecular flexibility index (Phi) is 5.47. The van der Waals surface area contributed by atoms with Gasteiger partial charge in [-0.3, -0.25) is 0 Å². The number of terminal acetylenes is 1. The van der Waals surface area contributed by atoms with Crippen LogP contribution in [-0.4, -0.2) is 18.2 Å². The van der Waals surface area contributed by atoms with E-state index < -0.39 is 11.6 Å². The van der Waals surface area contributed by atoms with Gasteiger partial charge in [0.05, 0.1) is 0 Å². The van der Waals surface area contributed by atoms with Gasteiger partial charge in [0.25, 0.3) is 0 Å². The van der Waals surface area contributed by atoms with E-state index in [-0.39, 0.29) is 17.1 Å². The molecule has 0 saturated heterocycles. The summed E-state index contributed by atoms with van der Waals surface area (Å²) in [5, 5.41) is 2.60. The van der Waals surface area contributed by atoms with Crippen LogP contribution in [0.4, 0.5) is 0 Å². The number of hydrogen-bond acceptors (Lipinski definition) is 3. The Balaban J connectivity index is 1.70. The van der Waals surface area contributed by atoms with Crippen molar-refractivity contribution in [1.82, 2.24) is 0 Å². The topological polar surface area (TPSA) is 35.5 Å². The van der Waals surface area contributed by atoms with E-state index in [1.165, 1.54) is 25.1 Å². The molecule has 4 rings (SSSR count). The average molecular weight is 430 g/mol. The summed E-state index contributed by atoms with van der Waals surface area (Å²) in [6, 6.07) is 21.6. The van der Waals surface area contributed by atoms with Gasteiger partial charge in [-0.15, -0.1) is 6.42 Å². The first-order valence-corrected chi connectivity index (χ1v) is 11.4. The van der Waals surface area contributed by atoms with Crippen molar-refractivity contribution in [3.8, 4) is 23.0 Å². The number of rotatable bonds is 5. The molecule has 1 aromatic heterocycles. The maximum atomic E-state index is 12.1. The first-order valence-electron chi connectivity index (χ1n) is 10.2. The fourth-order valence-electron chi connectivity index (χ4n) is 3.84. The molecule has 0 atom stereocenters. The summed E-state index contributed by atoms with van der Waals surface area (Å²) in [5.74, 6) is 2.68. The average Bonchev–Trinajstić information content (AvgIpc) is 3.07. The third-order valence-electron chi connectivity index (χ3n) is 5.22. The smallest absolute Gasteiger partial charge is 0.345 e. The second kappa shape index (κ2) is 8.09. The lowest BCUT2D eigenvalue weighted by Gasteiger charge is -2.19. The largest absolute Gasteiger partial charge is 0.481 e. The number of hydrogen-bond donors (Lipinski definition) is 0. The highest BCUT2D eigenvalue weighted by Crippen LogP contribution is 2.49. The zero-order valence-corrected chi connectivity index (χ0v) is 19.0. The molecule has 0 spiro atoms. The fraction of sp³-hybridized carbons (Fsp3) is 0.222. The van der Waals surface area contributed by atoms with Gasteiger partial charge in [-0.05, 0) is 63.1 Å². The molecular formula is C27H25O3S+. The van der Waals surface area contributed by atoms with Crippen LogP contribution in [0.25, 0.3) is 25.1 Å². The van der Waals surface area contributed by atoms with Crippen molar-refractivity contribution in [2.45, 2.75) is 33.3 Å². The number of ether oxygens (including phenoxy) is 2. The molecule has 0 bridgehead atoms. The molecule has 0 radical (unpaired) electrons. The number of benzene rings is 3. The molecule has 0 N–H and O–H groups in total. The minimum absolute atomic E-state index is 0.166. The van der Waals surface area contributed by atoms with E-state index >= 15 is 0 Å². The van der Waals surface area contributed by atoms with Crippen LogP contribution >= 0.6 is 10.5 Å². The molecule has 0 amide bonds. The number of fused-ring (bicyclic) bond motifs is 3. The Labute approximate surface area is 185 Å². The molecule has 0 unspecified atom stereocenters. The molecule has 0 saturated carbocycles. The second-order valence-electron chi connectivity index (χ2n) is 8.10. The predicted octanol–water partition coefficient (Wildman–Crippen LogP) is 6.68. The van der Waals surface area contributed by atoms with Gasteiger partial charge in [-0.2, -0.15) is 0 Å². The highest BCUT2D eigenvalue weighted by atomic mass is 32.2. The third kappa shape index (κ3) is 4.02. The molecule has 1 heterocycles. The summed E-state index contributed by atoms with van der Waals surface area (Å²) in [6.07, 6.45) is 5.39. The molecule has 3 aromatic carbocycles. The standard InChI is InChI=1S/C27H25O3S/c1-6-27(4,5)30-25(28)17-29-26-18(2)15-20(16-19(26)3)31-23-13-9-7-11-21(23)22-12-8-10-14-24(22)31/h1,7-16H,17H2,2-5H3/q+1. The van der Waals surface area contributed by atoms with Crippen molar-refractivity contribution < 1.29 is 14.3 Å². The zero-order valence-electron chi connectivity index (χ0n) is 18.2. The molecule has 4 heteroatoms. The number of aryl methyl sites for hydroxylation is 2. The monoisotopic (exact) mass is 429 g/mol. The molecule has 156 valence electrons. The van der Waals surface area contributed by atoms with Crippen LogP contribution in [0.1, 0.15) is 25.0 Å². The van der Waals surface area contributed by atoms with Crippen molar-refractivity contribution in [2.24, 2.45) is 0 Å². The van der Waals surface area contributed by atoms with Crippen LogP contribution in [0.2, 0.25) is 0 Å². The summed E-state index contributed by atoms with van der Waals surface area (Å²) in [7, 11) is -0.166. The fourth-order valence-corrected chi connectivity index (χ4v) is 6.40. The highest BCUT2D eigenvalue weighted by molar-refractivity contribution is 7.50. The van der Waals surface area contributed by atoms with Gasteiger partial charge < -0.3 is 9.47 Å². The predicted molar refractivity (Wildman–Crippen MR) is 129 cm³/mol. The normalized spacial score (nSPS) is 11.5. The van der Waals surface area contributed by atoms with Gasteiger partial charge >= 0.3 is 5.97 Å². The van der Waals surface area contributed by atoms with E-state index in [1.807, 2.05) is 13.8 Å². The molecule has 0 fully saturated rings. The van der Waals surface area contributed by atoms with Crippen LogP contribution < -0.4 is 4.74 Å². The van der Waals surface area contributed by atoms with Crippen LogP contribution in [0.5, 0.6) is 5.75 Å². The first-order chi connectivity index (χ1) is 14.8. The van der Waals surface area contributed by atoms with Crippen LogP contribution in [-0.2, 0) is 9.53 Å². The highest BCUT2D eigenvalue weighted by Gasteiger charge is 2.25. The Morgan fingerprint density at radius 3 is 2.00 bits per heavy atom. The van der Waals surface area contributed by atoms with Crippen molar-refractivity contribution >= 4 is 36.6 Å². The summed E-state index contributed by atoms with van der Waals surface area (Å²) < 4.78 is 13.8. The van der Waals surface area contributed by atoms with E-state index in [4.69, 9.17) is 15.9 Å². The lowest BCUT2D eigenvalue weighted by molar-refractivity contribution is -0.154. The number of carbonyl (C=O) groups excluding carboxylic acids is 1. The van der Waals surface area contributed by atoms with Gasteiger partial charge in [-0.25, -0.2) is 4.79 Å².